The number of aryl methyl sites for hydroxylation is 1. The molecule has 2 aromatic rings. The Bertz CT molecular complexity index is 613. The van der Waals surface area contributed by atoms with Crippen LogP contribution in [0.3, 0.4) is 0 Å². The number of thiazole rings is 1. The van der Waals surface area contributed by atoms with E-state index in [1.165, 1.54) is 14.8 Å². The number of hydrogen-bond donors (Lipinski definition) is 2. The van der Waals surface area contributed by atoms with Crippen molar-refractivity contribution in [2.24, 2.45) is 4.99 Å². The summed E-state index contributed by atoms with van der Waals surface area (Å²) < 4.78 is 0. The van der Waals surface area contributed by atoms with Gasteiger partial charge < -0.3 is 10.6 Å². The molecule has 0 saturated carbocycles. The summed E-state index contributed by atoms with van der Waals surface area (Å²) in [5.74, 6) is 1.35. The number of nitrogens with zero attached hydrogens (tertiary/aromatic N) is 2. The number of rotatable bonds is 6. The van der Waals surface area contributed by atoms with Gasteiger partial charge in [-0.1, -0.05) is 13.8 Å². The fourth-order valence-electron chi connectivity index (χ4n) is 1.98. The van der Waals surface area contributed by atoms with Crippen LogP contribution in [0.15, 0.2) is 22.5 Å². The number of guanidine groups is 1. The number of nitrogens with one attached hydrogen (secondary N) is 2. The zero-order valence-corrected chi connectivity index (χ0v) is 15.3. The van der Waals surface area contributed by atoms with Crippen LogP contribution in [0, 0.1) is 6.92 Å². The van der Waals surface area contributed by atoms with E-state index >= 15 is 0 Å². The van der Waals surface area contributed by atoms with E-state index in [1.54, 1.807) is 18.4 Å². The molecule has 0 aliphatic carbocycles. The van der Waals surface area contributed by atoms with Crippen LogP contribution in [0.25, 0.3) is 0 Å². The molecule has 0 spiro atoms. The van der Waals surface area contributed by atoms with E-state index < -0.39 is 0 Å². The van der Waals surface area contributed by atoms with E-state index in [1.807, 2.05) is 11.3 Å². The fourth-order valence-corrected chi connectivity index (χ4v) is 3.68. The number of thiophene rings is 1. The van der Waals surface area contributed by atoms with Gasteiger partial charge in [-0.25, -0.2) is 4.98 Å². The quantitative estimate of drug-likeness (QED) is 0.626. The molecule has 0 radical (unpaired) electrons. The molecule has 0 aliphatic rings. The molecule has 0 saturated heterocycles. The maximum absolute atomic E-state index is 4.65. The van der Waals surface area contributed by atoms with Crippen molar-refractivity contribution in [3.05, 3.63) is 38.0 Å². The van der Waals surface area contributed by atoms with E-state index in [0.29, 0.717) is 5.92 Å². The predicted octanol–water partition coefficient (Wildman–Crippen LogP) is 3.54. The second-order valence-electron chi connectivity index (χ2n) is 5.45. The molecular weight excluding hydrogens is 312 g/mol. The standard InChI is InChI=1S/C16H24N4S2/c1-11(2)15-20-13(10-21-15)7-8-18-16(17-4)19-9-14-6-5-12(3)22-14/h5-6,10-11H,7-9H2,1-4H3,(H2,17,18,19). The van der Waals surface area contributed by atoms with Gasteiger partial charge in [0.1, 0.15) is 0 Å². The van der Waals surface area contributed by atoms with Crippen molar-refractivity contribution in [1.82, 2.24) is 15.6 Å². The normalized spacial score (nSPS) is 12.0. The molecule has 6 heteroatoms. The van der Waals surface area contributed by atoms with Gasteiger partial charge in [-0.2, -0.15) is 0 Å². The highest BCUT2D eigenvalue weighted by atomic mass is 32.1. The molecule has 0 bridgehead atoms. The molecule has 4 nitrogen and oxygen atoms in total. The van der Waals surface area contributed by atoms with Gasteiger partial charge in [0.05, 0.1) is 17.2 Å². The van der Waals surface area contributed by atoms with Crippen molar-refractivity contribution in [1.29, 1.82) is 0 Å². The third-order valence-electron chi connectivity index (χ3n) is 3.19. The molecule has 0 unspecified atom stereocenters. The lowest BCUT2D eigenvalue weighted by Gasteiger charge is -2.10. The second kappa shape index (κ2) is 8.29. The van der Waals surface area contributed by atoms with Gasteiger partial charge in [-0.15, -0.1) is 22.7 Å². The molecule has 2 heterocycles. The number of aliphatic imine (C=N–C) groups is 1. The first-order valence-corrected chi connectivity index (χ1v) is 9.22. The van der Waals surface area contributed by atoms with Gasteiger partial charge in [-0.05, 0) is 19.1 Å². The molecule has 2 aromatic heterocycles. The van der Waals surface area contributed by atoms with Crippen LogP contribution in [0.1, 0.15) is 40.2 Å². The minimum atomic E-state index is 0.510. The molecule has 0 fully saturated rings. The van der Waals surface area contributed by atoms with Crippen molar-refractivity contribution in [3.63, 3.8) is 0 Å². The third kappa shape index (κ3) is 5.10. The van der Waals surface area contributed by atoms with Gasteiger partial charge in [0.2, 0.25) is 0 Å². The molecule has 0 amide bonds. The van der Waals surface area contributed by atoms with Crippen molar-refractivity contribution in [2.75, 3.05) is 13.6 Å². The summed E-state index contributed by atoms with van der Waals surface area (Å²) in [5, 5.41) is 10.0. The Balaban J connectivity index is 1.74. The summed E-state index contributed by atoms with van der Waals surface area (Å²) in [6, 6.07) is 4.30. The van der Waals surface area contributed by atoms with E-state index in [4.69, 9.17) is 0 Å². The van der Waals surface area contributed by atoms with Gasteiger partial charge >= 0.3 is 0 Å². The van der Waals surface area contributed by atoms with Crippen LogP contribution >= 0.6 is 22.7 Å². The summed E-state index contributed by atoms with van der Waals surface area (Å²) in [6.45, 7) is 8.13. The van der Waals surface area contributed by atoms with Crippen LogP contribution in [0.5, 0.6) is 0 Å². The minimum absolute atomic E-state index is 0.510. The van der Waals surface area contributed by atoms with Crippen molar-refractivity contribution < 1.29 is 0 Å². The van der Waals surface area contributed by atoms with Crippen LogP contribution in [0.2, 0.25) is 0 Å². The van der Waals surface area contributed by atoms with Gasteiger partial charge in [0.15, 0.2) is 5.96 Å². The molecule has 2 rings (SSSR count). The van der Waals surface area contributed by atoms with E-state index in [0.717, 1.165) is 31.2 Å². The summed E-state index contributed by atoms with van der Waals surface area (Å²) in [5.41, 5.74) is 1.16. The molecular formula is C16H24N4S2. The summed E-state index contributed by atoms with van der Waals surface area (Å²) in [4.78, 5) is 11.6. The Morgan fingerprint density at radius 1 is 1.32 bits per heavy atom. The highest BCUT2D eigenvalue weighted by Crippen LogP contribution is 2.19. The SMILES string of the molecule is CN=C(NCCc1csc(C(C)C)n1)NCc1ccc(C)s1. The Morgan fingerprint density at radius 2 is 2.14 bits per heavy atom. The molecule has 120 valence electrons. The van der Waals surface area contributed by atoms with Crippen LogP contribution < -0.4 is 10.6 Å². The van der Waals surface area contributed by atoms with Gasteiger partial charge in [0.25, 0.3) is 0 Å². The predicted molar refractivity (Wildman–Crippen MR) is 97.2 cm³/mol. The van der Waals surface area contributed by atoms with Crippen molar-refractivity contribution in [3.8, 4) is 0 Å². The highest BCUT2D eigenvalue weighted by molar-refractivity contribution is 7.11. The van der Waals surface area contributed by atoms with Crippen LogP contribution in [-0.4, -0.2) is 24.5 Å². The van der Waals surface area contributed by atoms with Crippen LogP contribution in [0.4, 0.5) is 0 Å². The Kier molecular flexibility index (Phi) is 6.39. The monoisotopic (exact) mass is 336 g/mol. The molecule has 0 aromatic carbocycles. The van der Waals surface area contributed by atoms with Crippen molar-refractivity contribution >= 4 is 28.6 Å². The highest BCUT2D eigenvalue weighted by Gasteiger charge is 2.06. The second-order valence-corrected chi connectivity index (χ2v) is 7.71. The first-order chi connectivity index (χ1) is 10.6. The molecule has 22 heavy (non-hydrogen) atoms. The fraction of sp³-hybridized carbons (Fsp3) is 0.500. The summed E-state index contributed by atoms with van der Waals surface area (Å²) in [7, 11) is 1.80. The zero-order chi connectivity index (χ0) is 15.9. The molecule has 2 N–H and O–H groups in total. The lowest BCUT2D eigenvalue weighted by atomic mass is 10.2. The Hall–Kier alpha value is -1.40. The number of aromatic nitrogens is 1. The number of hydrogen-bond acceptors (Lipinski definition) is 4. The Morgan fingerprint density at radius 3 is 2.73 bits per heavy atom. The molecule has 0 atom stereocenters. The van der Waals surface area contributed by atoms with Gasteiger partial charge in [-0.3, -0.25) is 4.99 Å². The van der Waals surface area contributed by atoms with Crippen molar-refractivity contribution in [2.45, 2.75) is 39.7 Å². The largest absolute Gasteiger partial charge is 0.356 e. The molecule has 0 aliphatic heterocycles. The first-order valence-electron chi connectivity index (χ1n) is 7.52. The summed E-state index contributed by atoms with van der Waals surface area (Å²) in [6.07, 6.45) is 0.919. The first kappa shape index (κ1) is 17.0. The van der Waals surface area contributed by atoms with E-state index in [-0.39, 0.29) is 0 Å². The lowest BCUT2D eigenvalue weighted by Crippen LogP contribution is -2.37. The third-order valence-corrected chi connectivity index (χ3v) is 5.38. The van der Waals surface area contributed by atoms with E-state index in [2.05, 4.69) is 58.9 Å². The average molecular weight is 337 g/mol. The van der Waals surface area contributed by atoms with Gasteiger partial charge in [0, 0.05) is 41.1 Å². The maximum atomic E-state index is 4.65. The maximum Gasteiger partial charge on any atom is 0.191 e. The zero-order valence-electron chi connectivity index (χ0n) is 13.6. The average Bonchev–Trinajstić information content (AvgIpc) is 3.11. The topological polar surface area (TPSA) is 49.3 Å². The minimum Gasteiger partial charge on any atom is -0.356 e. The Labute approximate surface area is 140 Å². The summed E-state index contributed by atoms with van der Waals surface area (Å²) >= 11 is 3.56. The van der Waals surface area contributed by atoms with Crippen LogP contribution in [-0.2, 0) is 13.0 Å². The van der Waals surface area contributed by atoms with E-state index in [9.17, 15) is 0 Å². The smallest absolute Gasteiger partial charge is 0.191 e. The lowest BCUT2D eigenvalue weighted by molar-refractivity contribution is 0.780.